The summed E-state index contributed by atoms with van der Waals surface area (Å²) in [6.45, 7) is 0.786. The normalized spacial score (nSPS) is 23.8. The highest BCUT2D eigenvalue weighted by Gasteiger charge is 2.38. The minimum absolute atomic E-state index is 0.176. The van der Waals surface area contributed by atoms with Crippen LogP contribution < -0.4 is 15.5 Å². The average molecular weight is 403 g/mol. The van der Waals surface area contributed by atoms with Crippen LogP contribution in [0.1, 0.15) is 6.42 Å². The van der Waals surface area contributed by atoms with E-state index in [1.807, 2.05) is 12.1 Å². The summed E-state index contributed by atoms with van der Waals surface area (Å²) in [5.74, 6) is -1.65. The van der Waals surface area contributed by atoms with E-state index in [0.29, 0.717) is 41.8 Å². The fourth-order valence-corrected chi connectivity index (χ4v) is 3.80. The highest BCUT2D eigenvalue weighted by atomic mass is 19.3. The van der Waals surface area contributed by atoms with Gasteiger partial charge in [0.2, 0.25) is 0 Å². The van der Waals surface area contributed by atoms with Gasteiger partial charge in [-0.15, -0.1) is 0 Å². The van der Waals surface area contributed by atoms with Gasteiger partial charge >= 0.3 is 0 Å². The van der Waals surface area contributed by atoms with E-state index in [-0.39, 0.29) is 25.6 Å². The Kier molecular flexibility index (Phi) is 4.30. The molecule has 10 heteroatoms. The number of imidazole rings is 1. The van der Waals surface area contributed by atoms with Gasteiger partial charge in [-0.2, -0.15) is 0 Å². The lowest BCUT2D eigenvalue weighted by Gasteiger charge is -2.17. The Bertz CT molecular complexity index is 1040. The first-order chi connectivity index (χ1) is 14.0. The summed E-state index contributed by atoms with van der Waals surface area (Å²) in [5.41, 5.74) is 1.95. The molecule has 5 heterocycles. The minimum Gasteiger partial charge on any atom is -0.363 e. The van der Waals surface area contributed by atoms with Crippen LogP contribution in [0, 0.1) is 0 Å². The molecule has 2 fully saturated rings. The van der Waals surface area contributed by atoms with Crippen molar-refractivity contribution in [2.75, 3.05) is 36.4 Å². The number of pyridine rings is 1. The Labute approximate surface area is 165 Å². The molecule has 2 aliphatic heterocycles. The van der Waals surface area contributed by atoms with Crippen LogP contribution in [0.25, 0.3) is 17.0 Å². The first-order valence-electron chi connectivity index (χ1n) is 9.53. The predicted octanol–water partition coefficient (Wildman–Crippen LogP) is 2.36. The van der Waals surface area contributed by atoms with Crippen LogP contribution in [0.15, 0.2) is 36.8 Å². The Morgan fingerprint density at radius 2 is 2.07 bits per heavy atom. The van der Waals surface area contributed by atoms with E-state index in [1.54, 1.807) is 34.0 Å². The Morgan fingerprint density at radius 1 is 1.17 bits per heavy atom. The molecule has 2 N–H and O–H groups in total. The quantitative estimate of drug-likeness (QED) is 0.697. The number of aromatic nitrogens is 4. The molecule has 0 unspecified atom stereocenters. The van der Waals surface area contributed by atoms with Gasteiger partial charge in [-0.3, -0.25) is 4.40 Å². The van der Waals surface area contributed by atoms with Gasteiger partial charge in [0.25, 0.3) is 5.92 Å². The summed E-state index contributed by atoms with van der Waals surface area (Å²) in [7, 11) is 0. The topological polar surface area (TPSA) is 70.4 Å². The molecule has 0 radical (unpaired) electrons. The monoisotopic (exact) mass is 403 g/mol. The lowest BCUT2D eigenvalue weighted by molar-refractivity contribution is 0.0256. The van der Waals surface area contributed by atoms with Crippen molar-refractivity contribution in [1.82, 2.24) is 24.7 Å². The molecule has 5 rings (SSSR count). The molecule has 2 atom stereocenters. The molecule has 29 heavy (non-hydrogen) atoms. The van der Waals surface area contributed by atoms with Gasteiger partial charge in [0.15, 0.2) is 5.65 Å². The number of anilines is 2. The SMILES string of the molecule is F[C@H]1CNC[C@@H]1Nc1cccc(-c2cnc3cnc(N4CCC(F)(F)C4)cn23)n1. The molecule has 0 aliphatic carbocycles. The highest BCUT2D eigenvalue weighted by molar-refractivity contribution is 5.63. The third-order valence-electron chi connectivity index (χ3n) is 5.36. The number of hydrogen-bond donors (Lipinski definition) is 2. The molecule has 152 valence electrons. The maximum Gasteiger partial charge on any atom is 0.266 e. The average Bonchev–Trinajstić information content (AvgIpc) is 3.40. The molecule has 7 nitrogen and oxygen atoms in total. The summed E-state index contributed by atoms with van der Waals surface area (Å²) in [5, 5.41) is 6.13. The molecular formula is C19H20F3N7. The summed E-state index contributed by atoms with van der Waals surface area (Å²) in [6, 6.07) is 5.13. The Balaban J connectivity index is 1.45. The molecule has 2 saturated heterocycles. The number of nitrogens with zero attached hydrogens (tertiary/aromatic N) is 5. The zero-order valence-electron chi connectivity index (χ0n) is 15.5. The Hall–Kier alpha value is -2.88. The second-order valence-corrected chi connectivity index (χ2v) is 7.48. The van der Waals surface area contributed by atoms with E-state index in [1.165, 1.54) is 0 Å². The van der Waals surface area contributed by atoms with Crippen molar-refractivity contribution >= 4 is 17.3 Å². The Morgan fingerprint density at radius 3 is 2.83 bits per heavy atom. The number of nitrogens with one attached hydrogen (secondary N) is 2. The molecule has 0 saturated carbocycles. The first kappa shape index (κ1) is 18.2. The lowest BCUT2D eigenvalue weighted by atomic mass is 10.2. The van der Waals surface area contributed by atoms with Crippen LogP contribution in [0.5, 0.6) is 0 Å². The minimum atomic E-state index is -2.70. The fraction of sp³-hybridized carbons (Fsp3) is 0.421. The van der Waals surface area contributed by atoms with E-state index in [4.69, 9.17) is 0 Å². The summed E-state index contributed by atoms with van der Waals surface area (Å²) >= 11 is 0. The summed E-state index contributed by atoms with van der Waals surface area (Å²) in [4.78, 5) is 14.8. The zero-order valence-corrected chi connectivity index (χ0v) is 15.5. The number of hydrogen-bond acceptors (Lipinski definition) is 6. The van der Waals surface area contributed by atoms with Crippen molar-refractivity contribution in [2.24, 2.45) is 0 Å². The number of fused-ring (bicyclic) bond motifs is 1. The molecular weight excluding hydrogens is 383 g/mol. The molecule has 0 spiro atoms. The van der Waals surface area contributed by atoms with Gasteiger partial charge in [0.1, 0.15) is 17.8 Å². The van der Waals surface area contributed by atoms with E-state index in [0.717, 1.165) is 0 Å². The third kappa shape index (κ3) is 3.48. The van der Waals surface area contributed by atoms with Crippen molar-refractivity contribution in [3.8, 4) is 11.4 Å². The predicted molar refractivity (Wildman–Crippen MR) is 103 cm³/mol. The highest BCUT2D eigenvalue weighted by Crippen LogP contribution is 2.30. The number of rotatable bonds is 4. The fourth-order valence-electron chi connectivity index (χ4n) is 3.80. The molecule has 3 aromatic heterocycles. The molecule has 2 aliphatic rings. The van der Waals surface area contributed by atoms with Crippen molar-refractivity contribution in [3.05, 3.63) is 36.8 Å². The molecule has 0 amide bonds. The van der Waals surface area contributed by atoms with Gasteiger partial charge in [-0.05, 0) is 12.1 Å². The van der Waals surface area contributed by atoms with Crippen molar-refractivity contribution in [1.29, 1.82) is 0 Å². The maximum absolute atomic E-state index is 13.9. The summed E-state index contributed by atoms with van der Waals surface area (Å²) in [6.07, 6.45) is 3.79. The maximum atomic E-state index is 13.9. The summed E-state index contributed by atoms with van der Waals surface area (Å²) < 4.78 is 42.8. The second kappa shape index (κ2) is 6.87. The van der Waals surface area contributed by atoms with Crippen LogP contribution in [0.4, 0.5) is 24.8 Å². The number of alkyl halides is 3. The van der Waals surface area contributed by atoms with Gasteiger partial charge in [0.05, 0.1) is 42.6 Å². The van der Waals surface area contributed by atoms with Gasteiger partial charge < -0.3 is 15.5 Å². The van der Waals surface area contributed by atoms with Crippen molar-refractivity contribution in [2.45, 2.75) is 24.6 Å². The van der Waals surface area contributed by atoms with Gasteiger partial charge in [-0.1, -0.05) is 6.07 Å². The second-order valence-electron chi connectivity index (χ2n) is 7.48. The van der Waals surface area contributed by atoms with E-state index >= 15 is 0 Å². The van der Waals surface area contributed by atoms with Crippen LogP contribution in [-0.4, -0.2) is 63.7 Å². The van der Waals surface area contributed by atoms with E-state index in [9.17, 15) is 13.2 Å². The van der Waals surface area contributed by atoms with E-state index in [2.05, 4.69) is 25.6 Å². The standard InChI is InChI=1S/C19H20F3N7/c20-12-6-23-7-14(12)27-16-3-1-2-13(26-16)15-8-24-17-9-25-18(10-29(15)17)28-5-4-19(21,22)11-28/h1-3,8-10,12,14,23H,4-7,11H2,(H,26,27)/t12-,14-/m0/s1. The van der Waals surface area contributed by atoms with Crippen LogP contribution in [0.3, 0.4) is 0 Å². The zero-order chi connectivity index (χ0) is 20.0. The molecule has 0 bridgehead atoms. The largest absolute Gasteiger partial charge is 0.363 e. The van der Waals surface area contributed by atoms with Crippen LogP contribution >= 0.6 is 0 Å². The molecule has 0 aromatic carbocycles. The van der Waals surface area contributed by atoms with Crippen LogP contribution in [-0.2, 0) is 0 Å². The van der Waals surface area contributed by atoms with Crippen LogP contribution in [0.2, 0.25) is 0 Å². The third-order valence-corrected chi connectivity index (χ3v) is 5.36. The smallest absolute Gasteiger partial charge is 0.266 e. The van der Waals surface area contributed by atoms with Crippen molar-refractivity contribution in [3.63, 3.8) is 0 Å². The lowest BCUT2D eigenvalue weighted by Crippen LogP contribution is -2.29. The first-order valence-corrected chi connectivity index (χ1v) is 9.53. The van der Waals surface area contributed by atoms with Gasteiger partial charge in [0, 0.05) is 26.1 Å². The van der Waals surface area contributed by atoms with Gasteiger partial charge in [-0.25, -0.2) is 28.1 Å². The van der Waals surface area contributed by atoms with E-state index < -0.39 is 12.1 Å². The molecule has 3 aromatic rings. The number of halogens is 3. The van der Waals surface area contributed by atoms with Crippen molar-refractivity contribution < 1.29 is 13.2 Å².